The van der Waals surface area contributed by atoms with E-state index >= 15 is 0 Å². The molecule has 0 aromatic heterocycles. The lowest BCUT2D eigenvalue weighted by Gasteiger charge is -2.37. The highest BCUT2D eigenvalue weighted by atomic mass is 19.3. The van der Waals surface area contributed by atoms with E-state index in [0.29, 0.717) is 12.3 Å². The summed E-state index contributed by atoms with van der Waals surface area (Å²) in [7, 11) is 0. The van der Waals surface area contributed by atoms with E-state index in [1.165, 1.54) is 70.6 Å². The first kappa shape index (κ1) is 17.0. The molecule has 0 unspecified atom stereocenters. The number of allylic oxidation sites excluding steroid dienone is 1. The summed E-state index contributed by atoms with van der Waals surface area (Å²) in [5.41, 5.74) is 0. The molecule has 0 aromatic rings. The van der Waals surface area contributed by atoms with Crippen LogP contribution in [0.1, 0.15) is 84.0 Å². The van der Waals surface area contributed by atoms with Crippen LogP contribution >= 0.6 is 0 Å². The largest absolute Gasteiger partial charge is 0.266 e. The topological polar surface area (TPSA) is 0 Å². The molecule has 0 nitrogen and oxygen atoms in total. The molecule has 122 valence electrons. The van der Waals surface area contributed by atoms with Gasteiger partial charge in [0.25, 0.3) is 6.08 Å². The van der Waals surface area contributed by atoms with Gasteiger partial charge in [0.15, 0.2) is 0 Å². The summed E-state index contributed by atoms with van der Waals surface area (Å²) < 4.78 is 24.3. The Bertz CT molecular complexity index is 304. The van der Waals surface area contributed by atoms with Crippen LogP contribution in [0, 0.1) is 23.7 Å². The Balaban J connectivity index is 1.66. The quantitative estimate of drug-likeness (QED) is 0.497. The first-order valence-corrected chi connectivity index (χ1v) is 9.20. The van der Waals surface area contributed by atoms with Crippen molar-refractivity contribution in [2.75, 3.05) is 0 Å². The third-order valence-corrected chi connectivity index (χ3v) is 6.02. The average molecular weight is 298 g/mol. The zero-order valence-electron chi connectivity index (χ0n) is 13.6. The van der Waals surface area contributed by atoms with Crippen molar-refractivity contribution in [1.82, 2.24) is 0 Å². The molecule has 2 fully saturated rings. The number of unbranched alkanes of at least 4 members (excludes halogenated alkanes) is 1. The first-order chi connectivity index (χ1) is 10.2. The Labute approximate surface area is 129 Å². The normalized spacial score (nSPS) is 33.7. The Morgan fingerprint density at radius 1 is 0.857 bits per heavy atom. The van der Waals surface area contributed by atoms with Crippen LogP contribution in [0.5, 0.6) is 0 Å². The standard InChI is InChI=1S/C19H32F2/c1-2-3-4-15-5-10-17(11-6-15)18-12-7-16(8-13-18)9-14-19(20)21/h14-18H,2-13H2,1H3. The Morgan fingerprint density at radius 2 is 1.38 bits per heavy atom. The Morgan fingerprint density at radius 3 is 1.86 bits per heavy atom. The van der Waals surface area contributed by atoms with Gasteiger partial charge in [-0.1, -0.05) is 39.0 Å². The minimum atomic E-state index is -1.50. The molecule has 0 saturated heterocycles. The molecule has 0 amide bonds. The van der Waals surface area contributed by atoms with Gasteiger partial charge in [-0.05, 0) is 74.7 Å². The fourth-order valence-electron chi connectivity index (χ4n) is 4.59. The summed E-state index contributed by atoms with van der Waals surface area (Å²) in [4.78, 5) is 0. The van der Waals surface area contributed by atoms with Crippen molar-refractivity contribution in [3.8, 4) is 0 Å². The second kappa shape index (κ2) is 8.90. The van der Waals surface area contributed by atoms with E-state index in [1.54, 1.807) is 0 Å². The minimum absolute atomic E-state index is 0.517. The number of hydrogen-bond donors (Lipinski definition) is 0. The van der Waals surface area contributed by atoms with E-state index in [0.717, 1.165) is 23.8 Å². The van der Waals surface area contributed by atoms with Crippen molar-refractivity contribution in [2.45, 2.75) is 84.0 Å². The fraction of sp³-hybridized carbons (Fsp3) is 0.895. The van der Waals surface area contributed by atoms with Crippen molar-refractivity contribution in [3.05, 3.63) is 12.2 Å². The van der Waals surface area contributed by atoms with Crippen molar-refractivity contribution >= 4 is 0 Å². The lowest BCUT2D eigenvalue weighted by Crippen LogP contribution is -2.25. The average Bonchev–Trinajstić information content (AvgIpc) is 2.52. The van der Waals surface area contributed by atoms with Gasteiger partial charge in [-0.2, -0.15) is 8.78 Å². The van der Waals surface area contributed by atoms with Crippen LogP contribution in [0.2, 0.25) is 0 Å². The van der Waals surface area contributed by atoms with Gasteiger partial charge >= 0.3 is 0 Å². The zero-order valence-corrected chi connectivity index (χ0v) is 13.6. The molecular weight excluding hydrogens is 266 g/mol. The molecule has 2 rings (SSSR count). The maximum absolute atomic E-state index is 12.1. The lowest BCUT2D eigenvalue weighted by atomic mass is 9.68. The number of rotatable bonds is 6. The molecule has 2 aliphatic carbocycles. The monoisotopic (exact) mass is 298 g/mol. The summed E-state index contributed by atoms with van der Waals surface area (Å²) in [5.74, 6) is 3.35. The van der Waals surface area contributed by atoms with Crippen molar-refractivity contribution in [3.63, 3.8) is 0 Å². The highest BCUT2D eigenvalue weighted by Gasteiger charge is 2.30. The van der Waals surface area contributed by atoms with Gasteiger partial charge in [0.1, 0.15) is 0 Å². The molecule has 2 heteroatoms. The number of hydrogen-bond acceptors (Lipinski definition) is 0. The molecule has 0 heterocycles. The predicted molar refractivity (Wildman–Crippen MR) is 85.3 cm³/mol. The van der Waals surface area contributed by atoms with E-state index in [4.69, 9.17) is 0 Å². The predicted octanol–water partition coefficient (Wildman–Crippen LogP) is 6.96. The minimum Gasteiger partial charge on any atom is -0.174 e. The van der Waals surface area contributed by atoms with Gasteiger partial charge in [-0.15, -0.1) is 0 Å². The highest BCUT2D eigenvalue weighted by molar-refractivity contribution is 4.87. The van der Waals surface area contributed by atoms with Crippen LogP contribution in [0.25, 0.3) is 0 Å². The highest BCUT2D eigenvalue weighted by Crippen LogP contribution is 2.42. The summed E-state index contributed by atoms with van der Waals surface area (Å²) in [6.45, 7) is 2.29. The van der Waals surface area contributed by atoms with E-state index in [2.05, 4.69) is 6.92 Å². The van der Waals surface area contributed by atoms with E-state index in [-0.39, 0.29) is 0 Å². The molecule has 0 radical (unpaired) electrons. The van der Waals surface area contributed by atoms with Gasteiger partial charge in [0.05, 0.1) is 0 Å². The maximum Gasteiger partial charge on any atom is 0.266 e. The molecule has 2 aliphatic rings. The van der Waals surface area contributed by atoms with Crippen molar-refractivity contribution in [1.29, 1.82) is 0 Å². The van der Waals surface area contributed by atoms with Crippen LogP contribution in [-0.4, -0.2) is 0 Å². The van der Waals surface area contributed by atoms with Crippen LogP contribution in [0.4, 0.5) is 8.78 Å². The lowest BCUT2D eigenvalue weighted by molar-refractivity contribution is 0.143. The van der Waals surface area contributed by atoms with E-state index in [1.807, 2.05) is 0 Å². The molecule has 21 heavy (non-hydrogen) atoms. The van der Waals surface area contributed by atoms with Crippen molar-refractivity contribution in [2.24, 2.45) is 23.7 Å². The number of halogens is 2. The second-order valence-electron chi connectivity index (χ2n) is 7.43. The van der Waals surface area contributed by atoms with Crippen LogP contribution in [0.3, 0.4) is 0 Å². The molecule has 0 N–H and O–H groups in total. The molecule has 2 saturated carbocycles. The van der Waals surface area contributed by atoms with Gasteiger partial charge in [0.2, 0.25) is 0 Å². The summed E-state index contributed by atoms with van der Waals surface area (Å²) in [6.07, 6.45) is 15.1. The maximum atomic E-state index is 12.1. The van der Waals surface area contributed by atoms with Gasteiger partial charge in [-0.3, -0.25) is 0 Å². The van der Waals surface area contributed by atoms with E-state index in [9.17, 15) is 8.78 Å². The molecular formula is C19H32F2. The molecule has 0 spiro atoms. The van der Waals surface area contributed by atoms with Crippen LogP contribution in [-0.2, 0) is 0 Å². The van der Waals surface area contributed by atoms with Crippen molar-refractivity contribution < 1.29 is 8.78 Å². The summed E-state index contributed by atoms with van der Waals surface area (Å²) in [6, 6.07) is 0. The van der Waals surface area contributed by atoms with Crippen LogP contribution in [0.15, 0.2) is 12.2 Å². The molecule has 0 atom stereocenters. The SMILES string of the molecule is CCCCC1CCC(C2CCC(CC=C(F)F)CC2)CC1. The zero-order chi connectivity index (χ0) is 15.1. The van der Waals surface area contributed by atoms with Gasteiger partial charge in [-0.25, -0.2) is 0 Å². The molecule has 0 aliphatic heterocycles. The first-order valence-electron chi connectivity index (χ1n) is 9.20. The van der Waals surface area contributed by atoms with Gasteiger partial charge in [0, 0.05) is 0 Å². The molecule has 0 bridgehead atoms. The Hall–Kier alpha value is -0.400. The Kier molecular flexibility index (Phi) is 7.19. The summed E-state index contributed by atoms with van der Waals surface area (Å²) >= 11 is 0. The van der Waals surface area contributed by atoms with Gasteiger partial charge < -0.3 is 0 Å². The van der Waals surface area contributed by atoms with E-state index < -0.39 is 6.08 Å². The smallest absolute Gasteiger partial charge is 0.174 e. The van der Waals surface area contributed by atoms with Crippen LogP contribution < -0.4 is 0 Å². The summed E-state index contributed by atoms with van der Waals surface area (Å²) in [5, 5.41) is 0. The third-order valence-electron chi connectivity index (χ3n) is 6.02. The molecule has 0 aromatic carbocycles. The fourth-order valence-corrected chi connectivity index (χ4v) is 4.59. The third kappa shape index (κ3) is 5.71. The second-order valence-corrected chi connectivity index (χ2v) is 7.43.